The van der Waals surface area contributed by atoms with Gasteiger partial charge in [-0.05, 0) is 30.7 Å². The minimum Gasteiger partial charge on any atom is -0.372 e. The largest absolute Gasteiger partial charge is 0.372 e. The molecular weight excluding hydrogens is 300 g/mol. The van der Waals surface area contributed by atoms with Crippen LogP contribution in [0.2, 0.25) is 5.02 Å². The van der Waals surface area contributed by atoms with E-state index in [0.717, 1.165) is 5.56 Å². The number of aryl methyl sites for hydroxylation is 1. The van der Waals surface area contributed by atoms with Gasteiger partial charge >= 0.3 is 0 Å². The lowest BCUT2D eigenvalue weighted by molar-refractivity contribution is -0.121. The monoisotopic (exact) mass is 314 g/mol. The highest BCUT2D eigenvalue weighted by Gasteiger charge is 2.40. The van der Waals surface area contributed by atoms with Crippen LogP contribution in [-0.2, 0) is 9.59 Å². The molecule has 1 saturated heterocycles. The van der Waals surface area contributed by atoms with Crippen LogP contribution in [0.25, 0.3) is 0 Å². The number of carbonyl (C=O) groups is 2. The lowest BCUT2D eigenvalue weighted by atomic mass is 10.2. The zero-order valence-corrected chi connectivity index (χ0v) is 12.8. The number of para-hydroxylation sites is 2. The number of nitrogens with one attached hydrogen (secondary N) is 1. The van der Waals surface area contributed by atoms with Crippen molar-refractivity contribution in [1.29, 1.82) is 0 Å². The molecular formula is C17H15ClN2O2. The van der Waals surface area contributed by atoms with Gasteiger partial charge in [0.25, 0.3) is 5.91 Å². The molecule has 112 valence electrons. The molecule has 0 aromatic heterocycles. The van der Waals surface area contributed by atoms with Crippen molar-refractivity contribution in [3.8, 4) is 0 Å². The second-order valence-corrected chi connectivity index (χ2v) is 5.64. The van der Waals surface area contributed by atoms with Crippen molar-refractivity contribution in [2.24, 2.45) is 0 Å². The summed E-state index contributed by atoms with van der Waals surface area (Å²) >= 11 is 6.09. The van der Waals surface area contributed by atoms with Crippen LogP contribution in [0.1, 0.15) is 12.0 Å². The van der Waals surface area contributed by atoms with Crippen LogP contribution in [0.3, 0.4) is 0 Å². The van der Waals surface area contributed by atoms with Gasteiger partial charge in [0.05, 0.1) is 22.8 Å². The predicted molar refractivity (Wildman–Crippen MR) is 87.2 cm³/mol. The van der Waals surface area contributed by atoms with Crippen LogP contribution in [-0.4, -0.2) is 17.9 Å². The number of imide groups is 1. The average molecular weight is 315 g/mol. The maximum Gasteiger partial charge on any atom is 0.256 e. The highest BCUT2D eigenvalue weighted by molar-refractivity contribution is 6.33. The molecule has 2 aromatic carbocycles. The SMILES string of the molecule is Cc1ccccc1N1C(=O)C[C@@H](Nc2ccccc2Cl)C1=O. The molecule has 2 amide bonds. The van der Waals surface area contributed by atoms with Crippen molar-refractivity contribution in [2.75, 3.05) is 10.2 Å². The molecule has 0 spiro atoms. The Labute approximate surface area is 133 Å². The normalized spacial score (nSPS) is 17.9. The lowest BCUT2D eigenvalue weighted by Gasteiger charge is -2.18. The Kier molecular flexibility index (Phi) is 3.86. The van der Waals surface area contributed by atoms with E-state index in [9.17, 15) is 9.59 Å². The summed E-state index contributed by atoms with van der Waals surface area (Å²) in [6.07, 6.45) is 0.123. The van der Waals surface area contributed by atoms with Gasteiger partial charge in [0.15, 0.2) is 0 Å². The average Bonchev–Trinajstić information content (AvgIpc) is 2.77. The van der Waals surface area contributed by atoms with Gasteiger partial charge in [0, 0.05) is 0 Å². The van der Waals surface area contributed by atoms with Gasteiger partial charge in [-0.25, -0.2) is 4.90 Å². The first-order valence-electron chi connectivity index (χ1n) is 7.01. The number of halogens is 1. The number of anilines is 2. The van der Waals surface area contributed by atoms with Crippen molar-refractivity contribution in [1.82, 2.24) is 0 Å². The van der Waals surface area contributed by atoms with E-state index in [-0.39, 0.29) is 18.2 Å². The zero-order valence-electron chi connectivity index (χ0n) is 12.0. The number of rotatable bonds is 3. The first kappa shape index (κ1) is 14.6. The van der Waals surface area contributed by atoms with Crippen molar-refractivity contribution >= 4 is 34.8 Å². The van der Waals surface area contributed by atoms with Crippen molar-refractivity contribution in [3.05, 3.63) is 59.1 Å². The van der Waals surface area contributed by atoms with E-state index < -0.39 is 6.04 Å². The Balaban J connectivity index is 1.86. The third kappa shape index (κ3) is 2.57. The third-order valence-corrected chi connectivity index (χ3v) is 4.04. The standard InChI is InChI=1S/C17H15ClN2O2/c1-11-6-2-5-9-15(11)20-16(21)10-14(17(20)22)19-13-8-4-3-7-12(13)18/h2-9,14,19H,10H2,1H3/t14-/m1/s1. The van der Waals surface area contributed by atoms with Crippen molar-refractivity contribution < 1.29 is 9.59 Å². The second kappa shape index (κ2) is 5.81. The molecule has 0 saturated carbocycles. The number of benzene rings is 2. The molecule has 3 rings (SSSR count). The molecule has 5 heteroatoms. The molecule has 0 unspecified atom stereocenters. The first-order valence-corrected chi connectivity index (χ1v) is 7.39. The Morgan fingerprint density at radius 1 is 1.09 bits per heavy atom. The predicted octanol–water partition coefficient (Wildman–Crippen LogP) is 3.39. The summed E-state index contributed by atoms with van der Waals surface area (Å²) in [6, 6.07) is 13.9. The molecule has 2 aromatic rings. The summed E-state index contributed by atoms with van der Waals surface area (Å²) in [6.45, 7) is 1.88. The molecule has 1 fully saturated rings. The van der Waals surface area contributed by atoms with E-state index in [1.54, 1.807) is 18.2 Å². The van der Waals surface area contributed by atoms with E-state index in [1.807, 2.05) is 37.3 Å². The van der Waals surface area contributed by atoms with Gasteiger partial charge in [0.2, 0.25) is 5.91 Å². The quantitative estimate of drug-likeness (QED) is 0.883. The maximum absolute atomic E-state index is 12.6. The van der Waals surface area contributed by atoms with Crippen LogP contribution < -0.4 is 10.2 Å². The fourth-order valence-electron chi connectivity index (χ4n) is 2.58. The molecule has 1 N–H and O–H groups in total. The van der Waals surface area contributed by atoms with Crippen LogP contribution in [0.5, 0.6) is 0 Å². The van der Waals surface area contributed by atoms with Gasteiger partial charge < -0.3 is 5.32 Å². The molecule has 0 aliphatic carbocycles. The van der Waals surface area contributed by atoms with Crippen LogP contribution in [0.4, 0.5) is 11.4 Å². The third-order valence-electron chi connectivity index (χ3n) is 3.71. The van der Waals surface area contributed by atoms with Gasteiger partial charge in [-0.15, -0.1) is 0 Å². The fourth-order valence-corrected chi connectivity index (χ4v) is 2.77. The summed E-state index contributed by atoms with van der Waals surface area (Å²) in [4.78, 5) is 26.1. The highest BCUT2D eigenvalue weighted by Crippen LogP contribution is 2.29. The first-order chi connectivity index (χ1) is 10.6. The van der Waals surface area contributed by atoms with Crippen LogP contribution in [0.15, 0.2) is 48.5 Å². The maximum atomic E-state index is 12.6. The number of amides is 2. The summed E-state index contributed by atoms with van der Waals surface area (Å²) in [5, 5.41) is 3.59. The molecule has 1 heterocycles. The smallest absolute Gasteiger partial charge is 0.256 e. The Morgan fingerprint density at radius 3 is 2.50 bits per heavy atom. The summed E-state index contributed by atoms with van der Waals surface area (Å²) in [5.74, 6) is -0.455. The van der Waals surface area contributed by atoms with Crippen LogP contribution >= 0.6 is 11.6 Å². The molecule has 1 aliphatic rings. The van der Waals surface area contributed by atoms with Crippen LogP contribution in [0, 0.1) is 6.92 Å². The summed E-state index contributed by atoms with van der Waals surface area (Å²) in [7, 11) is 0. The molecule has 1 atom stereocenters. The molecule has 0 radical (unpaired) electrons. The number of hydrogen-bond donors (Lipinski definition) is 1. The zero-order chi connectivity index (χ0) is 15.7. The number of carbonyl (C=O) groups excluding carboxylic acids is 2. The van der Waals surface area contributed by atoms with E-state index in [4.69, 9.17) is 11.6 Å². The van der Waals surface area contributed by atoms with E-state index in [0.29, 0.717) is 16.4 Å². The topological polar surface area (TPSA) is 49.4 Å². The summed E-state index contributed by atoms with van der Waals surface area (Å²) in [5.41, 5.74) is 2.19. The van der Waals surface area contributed by atoms with Gasteiger partial charge in [-0.2, -0.15) is 0 Å². The highest BCUT2D eigenvalue weighted by atomic mass is 35.5. The summed E-state index contributed by atoms with van der Waals surface area (Å²) < 4.78 is 0. The van der Waals surface area contributed by atoms with E-state index >= 15 is 0 Å². The minimum absolute atomic E-state index is 0.123. The van der Waals surface area contributed by atoms with E-state index in [2.05, 4.69) is 5.32 Å². The molecule has 0 bridgehead atoms. The Morgan fingerprint density at radius 2 is 1.77 bits per heavy atom. The van der Waals surface area contributed by atoms with Crippen molar-refractivity contribution in [3.63, 3.8) is 0 Å². The Hall–Kier alpha value is -2.33. The number of nitrogens with zero attached hydrogens (tertiary/aromatic N) is 1. The minimum atomic E-state index is -0.591. The molecule has 1 aliphatic heterocycles. The molecule has 4 nitrogen and oxygen atoms in total. The number of hydrogen-bond acceptors (Lipinski definition) is 3. The van der Waals surface area contributed by atoms with Crippen molar-refractivity contribution in [2.45, 2.75) is 19.4 Å². The van der Waals surface area contributed by atoms with Gasteiger partial charge in [-0.3, -0.25) is 9.59 Å². The fraction of sp³-hybridized carbons (Fsp3) is 0.176. The van der Waals surface area contributed by atoms with Gasteiger partial charge in [-0.1, -0.05) is 41.9 Å². The van der Waals surface area contributed by atoms with E-state index in [1.165, 1.54) is 4.90 Å². The lowest BCUT2D eigenvalue weighted by Crippen LogP contribution is -2.35. The molecule has 22 heavy (non-hydrogen) atoms. The Bertz CT molecular complexity index is 745. The second-order valence-electron chi connectivity index (χ2n) is 5.23. The van der Waals surface area contributed by atoms with Gasteiger partial charge in [0.1, 0.15) is 6.04 Å².